The van der Waals surface area contributed by atoms with Gasteiger partial charge in [0, 0.05) is 34.5 Å². The zero-order chi connectivity index (χ0) is 23.1. The van der Waals surface area contributed by atoms with Crippen molar-refractivity contribution in [1.82, 2.24) is 20.0 Å². The van der Waals surface area contributed by atoms with Crippen LogP contribution in [0.4, 0.5) is 5.95 Å². The van der Waals surface area contributed by atoms with Gasteiger partial charge in [-0.05, 0) is 12.1 Å². The van der Waals surface area contributed by atoms with Gasteiger partial charge in [-0.1, -0.05) is 48.5 Å². The first-order valence-electron chi connectivity index (χ1n) is 10.9. The molecular weight excluding hydrogens is 426 g/mol. The number of hydrazone groups is 1. The summed E-state index contributed by atoms with van der Waals surface area (Å²) in [5.74, 6) is 0.359. The lowest BCUT2D eigenvalue weighted by Crippen LogP contribution is -2.42. The number of hydrogen-bond acceptors (Lipinski definition) is 9. The standard InChI is InChI=1S/C25H21N9/c26-23-20-22(18-11-28-25(27)29-12-18)33-34(24(20)31-14-30-23)13-17-10-16-8-4-5-9-19(16)32-21(17)15-6-2-1-3-7-15/h1-12,14,20,24H,13H2,(H2,26,30,31)(H2,27,28,29). The molecule has 0 radical (unpaired) electrons. The molecule has 0 aliphatic carbocycles. The van der Waals surface area contributed by atoms with Gasteiger partial charge in [0.2, 0.25) is 5.95 Å². The Morgan fingerprint density at radius 3 is 2.47 bits per heavy atom. The molecular formula is C25H21N9. The van der Waals surface area contributed by atoms with Gasteiger partial charge in [-0.3, -0.25) is 5.01 Å². The van der Waals surface area contributed by atoms with Crippen molar-refractivity contribution in [2.24, 2.45) is 26.7 Å². The number of aliphatic imine (C=N–C) groups is 2. The first kappa shape index (κ1) is 20.0. The Balaban J connectivity index is 1.45. The molecule has 2 aliphatic heterocycles. The van der Waals surface area contributed by atoms with Crippen LogP contribution >= 0.6 is 0 Å². The van der Waals surface area contributed by atoms with Gasteiger partial charge in [0.15, 0.2) is 6.17 Å². The lowest BCUT2D eigenvalue weighted by Gasteiger charge is -2.26. The number of nitrogens with two attached hydrogens (primary N) is 2. The summed E-state index contributed by atoms with van der Waals surface area (Å²) in [7, 11) is 0. The molecule has 34 heavy (non-hydrogen) atoms. The molecule has 2 unspecified atom stereocenters. The topological polar surface area (TPSA) is 131 Å². The van der Waals surface area contributed by atoms with E-state index in [9.17, 15) is 0 Å². The quantitative estimate of drug-likeness (QED) is 0.495. The van der Waals surface area contributed by atoms with E-state index in [1.54, 1.807) is 12.4 Å². The predicted octanol–water partition coefficient (Wildman–Crippen LogP) is 2.84. The van der Waals surface area contributed by atoms with E-state index in [4.69, 9.17) is 21.6 Å². The maximum Gasteiger partial charge on any atom is 0.219 e. The fourth-order valence-corrected chi connectivity index (χ4v) is 4.41. The number of anilines is 1. The number of benzene rings is 2. The van der Waals surface area contributed by atoms with Crippen LogP contribution in [0.2, 0.25) is 0 Å². The molecule has 0 fully saturated rings. The minimum absolute atomic E-state index is 0.203. The maximum atomic E-state index is 6.30. The molecule has 0 amide bonds. The first-order valence-corrected chi connectivity index (χ1v) is 10.9. The zero-order valence-corrected chi connectivity index (χ0v) is 18.2. The Morgan fingerprint density at radius 2 is 1.65 bits per heavy atom. The molecule has 9 nitrogen and oxygen atoms in total. The van der Waals surface area contributed by atoms with Gasteiger partial charge in [-0.25, -0.2) is 24.9 Å². The average Bonchev–Trinajstić information content (AvgIpc) is 3.24. The van der Waals surface area contributed by atoms with Crippen LogP contribution in [0.3, 0.4) is 0 Å². The van der Waals surface area contributed by atoms with Crippen molar-refractivity contribution in [2.45, 2.75) is 12.7 Å². The van der Waals surface area contributed by atoms with Crippen molar-refractivity contribution >= 4 is 34.7 Å². The Labute approximate surface area is 195 Å². The Bertz CT molecular complexity index is 1460. The van der Waals surface area contributed by atoms with E-state index in [0.717, 1.165) is 39.0 Å². The van der Waals surface area contributed by atoms with Gasteiger partial charge in [0.05, 0.1) is 23.5 Å². The number of nitrogens with zero attached hydrogens (tertiary/aromatic N) is 7. The van der Waals surface area contributed by atoms with E-state index in [2.05, 4.69) is 44.2 Å². The molecule has 2 aromatic carbocycles. The van der Waals surface area contributed by atoms with Crippen LogP contribution in [0.5, 0.6) is 0 Å². The van der Waals surface area contributed by atoms with E-state index in [1.165, 1.54) is 6.34 Å². The second-order valence-corrected chi connectivity index (χ2v) is 8.18. The predicted molar refractivity (Wildman–Crippen MR) is 133 cm³/mol. The number of aromatic nitrogens is 3. The van der Waals surface area contributed by atoms with Gasteiger partial charge >= 0.3 is 0 Å². The number of fused-ring (bicyclic) bond motifs is 2. The molecule has 6 rings (SSSR count). The summed E-state index contributed by atoms with van der Waals surface area (Å²) in [5, 5.41) is 7.92. The van der Waals surface area contributed by atoms with Crippen molar-refractivity contribution in [3.8, 4) is 11.3 Å². The van der Waals surface area contributed by atoms with Gasteiger partial charge in [0.1, 0.15) is 18.1 Å². The van der Waals surface area contributed by atoms with Crippen LogP contribution in [0.1, 0.15) is 11.1 Å². The second kappa shape index (κ2) is 8.04. The number of nitrogen functional groups attached to an aromatic ring is 1. The third-order valence-electron chi connectivity index (χ3n) is 6.03. The highest BCUT2D eigenvalue weighted by molar-refractivity contribution is 6.17. The molecule has 166 valence electrons. The van der Waals surface area contributed by atoms with Crippen molar-refractivity contribution in [1.29, 1.82) is 0 Å². The lowest BCUT2D eigenvalue weighted by molar-refractivity contribution is 0.214. The van der Waals surface area contributed by atoms with Crippen LogP contribution in [-0.2, 0) is 6.54 Å². The Kier molecular flexibility index (Phi) is 4.72. The monoisotopic (exact) mass is 447 g/mol. The summed E-state index contributed by atoms with van der Waals surface area (Å²) in [6.45, 7) is 0.493. The molecule has 0 saturated heterocycles. The Morgan fingerprint density at radius 1 is 0.882 bits per heavy atom. The van der Waals surface area contributed by atoms with Gasteiger partial charge in [-0.15, -0.1) is 0 Å². The SMILES string of the molecule is NC1=NC=NC2C1C(c1cnc(N)nc1)=NN2Cc1cc2ccccc2nc1-c1ccccc1. The molecule has 2 aliphatic rings. The lowest BCUT2D eigenvalue weighted by atomic mass is 9.94. The number of amidine groups is 1. The number of pyridine rings is 1. The zero-order valence-electron chi connectivity index (χ0n) is 18.2. The molecule has 2 atom stereocenters. The highest BCUT2D eigenvalue weighted by Crippen LogP contribution is 2.33. The van der Waals surface area contributed by atoms with Crippen molar-refractivity contribution in [3.63, 3.8) is 0 Å². The summed E-state index contributed by atoms with van der Waals surface area (Å²) in [5.41, 5.74) is 17.4. The van der Waals surface area contributed by atoms with E-state index in [0.29, 0.717) is 12.4 Å². The normalized spacial score (nSPS) is 19.1. The van der Waals surface area contributed by atoms with E-state index < -0.39 is 0 Å². The molecule has 2 aromatic heterocycles. The fraction of sp³-hybridized carbons (Fsp3) is 0.120. The highest BCUT2D eigenvalue weighted by atomic mass is 15.5. The largest absolute Gasteiger partial charge is 0.386 e. The van der Waals surface area contributed by atoms with E-state index in [1.807, 2.05) is 41.4 Å². The summed E-state index contributed by atoms with van der Waals surface area (Å²) in [6.07, 6.45) is 4.49. The second-order valence-electron chi connectivity index (χ2n) is 8.18. The van der Waals surface area contributed by atoms with Gasteiger partial charge in [0.25, 0.3) is 0 Å². The minimum atomic E-state index is -0.319. The fourth-order valence-electron chi connectivity index (χ4n) is 4.41. The van der Waals surface area contributed by atoms with Crippen LogP contribution in [0, 0.1) is 5.92 Å². The van der Waals surface area contributed by atoms with E-state index >= 15 is 0 Å². The molecule has 4 N–H and O–H groups in total. The number of hydrogen-bond donors (Lipinski definition) is 2. The van der Waals surface area contributed by atoms with Crippen molar-refractivity contribution in [2.75, 3.05) is 5.73 Å². The van der Waals surface area contributed by atoms with Gasteiger partial charge in [-0.2, -0.15) is 5.10 Å². The first-order chi connectivity index (χ1) is 16.7. The highest BCUT2D eigenvalue weighted by Gasteiger charge is 2.42. The van der Waals surface area contributed by atoms with Crippen LogP contribution in [0.15, 0.2) is 88.1 Å². The van der Waals surface area contributed by atoms with Crippen molar-refractivity contribution in [3.05, 3.63) is 84.2 Å². The Hall–Kier alpha value is -4.66. The summed E-state index contributed by atoms with van der Waals surface area (Å²) >= 11 is 0. The summed E-state index contributed by atoms with van der Waals surface area (Å²) in [6, 6.07) is 20.4. The van der Waals surface area contributed by atoms with Crippen molar-refractivity contribution < 1.29 is 0 Å². The number of para-hydroxylation sites is 1. The molecule has 4 aromatic rings. The summed E-state index contributed by atoms with van der Waals surface area (Å²) < 4.78 is 0. The third kappa shape index (κ3) is 3.43. The van der Waals surface area contributed by atoms with Crippen LogP contribution < -0.4 is 11.5 Å². The molecule has 9 heteroatoms. The molecule has 0 bridgehead atoms. The molecule has 0 spiro atoms. The summed E-state index contributed by atoms with van der Waals surface area (Å²) in [4.78, 5) is 22.1. The molecule has 4 heterocycles. The van der Waals surface area contributed by atoms with E-state index in [-0.39, 0.29) is 18.0 Å². The van der Waals surface area contributed by atoms with Crippen LogP contribution in [0.25, 0.3) is 22.2 Å². The van der Waals surface area contributed by atoms with Crippen LogP contribution in [-0.4, -0.2) is 44.0 Å². The molecule has 0 saturated carbocycles. The third-order valence-corrected chi connectivity index (χ3v) is 6.03. The smallest absolute Gasteiger partial charge is 0.219 e. The average molecular weight is 448 g/mol. The minimum Gasteiger partial charge on any atom is -0.386 e. The number of rotatable bonds is 4. The maximum absolute atomic E-state index is 6.30. The van der Waals surface area contributed by atoms with Gasteiger partial charge < -0.3 is 11.5 Å².